The van der Waals surface area contributed by atoms with E-state index in [1.807, 2.05) is 0 Å². The fourth-order valence-corrected chi connectivity index (χ4v) is 2.90. The number of hydrogen-bond acceptors (Lipinski definition) is 5. The minimum atomic E-state index is -4.13. The molecule has 0 bridgehead atoms. The first kappa shape index (κ1) is 15.6. The zero-order valence-electron chi connectivity index (χ0n) is 11.1. The van der Waals surface area contributed by atoms with Crippen molar-refractivity contribution in [2.24, 2.45) is 0 Å². The zero-order chi connectivity index (χ0) is 15.6. The van der Waals surface area contributed by atoms with Crippen molar-refractivity contribution in [3.8, 4) is 5.88 Å². The molecule has 0 saturated heterocycles. The van der Waals surface area contributed by atoms with Crippen molar-refractivity contribution in [1.82, 2.24) is 9.97 Å². The third-order valence-electron chi connectivity index (χ3n) is 2.45. The van der Waals surface area contributed by atoms with Crippen LogP contribution in [0.15, 0.2) is 33.6 Å². The first-order valence-electron chi connectivity index (χ1n) is 5.69. The molecule has 6 nitrogen and oxygen atoms in total. The zero-order valence-corrected chi connectivity index (χ0v) is 13.5. The molecule has 112 valence electrons. The molecular formula is C12H11BrFN3O3S. The predicted octanol–water partition coefficient (Wildman–Crippen LogP) is 2.50. The molecule has 0 aliphatic heterocycles. The molecule has 9 heteroatoms. The van der Waals surface area contributed by atoms with E-state index in [0.29, 0.717) is 10.2 Å². The van der Waals surface area contributed by atoms with Crippen LogP contribution in [-0.4, -0.2) is 25.5 Å². The fourth-order valence-electron chi connectivity index (χ4n) is 1.56. The third kappa shape index (κ3) is 3.67. The van der Waals surface area contributed by atoms with Crippen molar-refractivity contribution < 1.29 is 17.5 Å². The standard InChI is InChI=1S/C12H11BrFN3O3S/c1-7-5-11(20-2)16-12(15-7)17-21(18,19)10-4-3-8(13)6-9(10)14/h3-6H,1-2H3,(H,15,16,17). The van der Waals surface area contributed by atoms with Gasteiger partial charge in [0.1, 0.15) is 10.7 Å². The molecular weight excluding hydrogens is 365 g/mol. The van der Waals surface area contributed by atoms with Crippen molar-refractivity contribution in [3.05, 3.63) is 40.2 Å². The van der Waals surface area contributed by atoms with Gasteiger partial charge in [0.15, 0.2) is 0 Å². The van der Waals surface area contributed by atoms with Crippen molar-refractivity contribution in [2.75, 3.05) is 11.8 Å². The third-order valence-corrected chi connectivity index (χ3v) is 4.30. The van der Waals surface area contributed by atoms with Crippen LogP contribution in [0, 0.1) is 12.7 Å². The maximum atomic E-state index is 13.8. The van der Waals surface area contributed by atoms with Crippen LogP contribution in [0.2, 0.25) is 0 Å². The van der Waals surface area contributed by atoms with E-state index >= 15 is 0 Å². The highest BCUT2D eigenvalue weighted by molar-refractivity contribution is 9.10. The molecule has 0 aliphatic carbocycles. The van der Waals surface area contributed by atoms with E-state index in [9.17, 15) is 12.8 Å². The van der Waals surface area contributed by atoms with Crippen molar-refractivity contribution in [2.45, 2.75) is 11.8 Å². The van der Waals surface area contributed by atoms with Crippen LogP contribution in [0.25, 0.3) is 0 Å². The molecule has 0 radical (unpaired) electrons. The largest absolute Gasteiger partial charge is 0.481 e. The topological polar surface area (TPSA) is 81.2 Å². The Morgan fingerprint density at radius 3 is 2.62 bits per heavy atom. The lowest BCUT2D eigenvalue weighted by atomic mass is 10.3. The second kappa shape index (κ2) is 5.94. The smallest absolute Gasteiger partial charge is 0.267 e. The number of nitrogens with one attached hydrogen (secondary N) is 1. The normalized spacial score (nSPS) is 11.2. The number of aryl methyl sites for hydroxylation is 1. The maximum absolute atomic E-state index is 13.8. The lowest BCUT2D eigenvalue weighted by Gasteiger charge is -2.09. The highest BCUT2D eigenvalue weighted by atomic mass is 79.9. The number of benzene rings is 1. The molecule has 0 unspecified atom stereocenters. The van der Waals surface area contributed by atoms with Gasteiger partial charge in [0.05, 0.1) is 7.11 Å². The number of sulfonamides is 1. The summed E-state index contributed by atoms with van der Waals surface area (Å²) < 4.78 is 45.6. The van der Waals surface area contributed by atoms with Crippen LogP contribution in [0.5, 0.6) is 5.88 Å². The summed E-state index contributed by atoms with van der Waals surface area (Å²) in [6.07, 6.45) is 0. The molecule has 0 saturated carbocycles. The van der Waals surface area contributed by atoms with E-state index < -0.39 is 20.7 Å². The molecule has 21 heavy (non-hydrogen) atoms. The molecule has 1 aromatic carbocycles. The predicted molar refractivity (Wildman–Crippen MR) is 78.2 cm³/mol. The monoisotopic (exact) mass is 375 g/mol. The lowest BCUT2D eigenvalue weighted by Crippen LogP contribution is -2.17. The molecule has 2 aromatic rings. The molecule has 0 aliphatic rings. The van der Waals surface area contributed by atoms with Crippen molar-refractivity contribution in [1.29, 1.82) is 0 Å². The van der Waals surface area contributed by atoms with E-state index in [1.54, 1.807) is 6.92 Å². The second-order valence-corrected chi connectivity index (χ2v) is 6.62. The number of methoxy groups -OCH3 is 1. The van der Waals surface area contributed by atoms with Crippen LogP contribution < -0.4 is 9.46 Å². The molecule has 0 spiro atoms. The summed E-state index contributed by atoms with van der Waals surface area (Å²) >= 11 is 3.06. The van der Waals surface area contributed by atoms with Crippen molar-refractivity contribution in [3.63, 3.8) is 0 Å². The Bertz CT molecular complexity index is 783. The lowest BCUT2D eigenvalue weighted by molar-refractivity contribution is 0.397. The highest BCUT2D eigenvalue weighted by Crippen LogP contribution is 2.21. The summed E-state index contributed by atoms with van der Waals surface area (Å²) in [7, 11) is -2.73. The summed E-state index contributed by atoms with van der Waals surface area (Å²) in [5.41, 5.74) is 0.510. The minimum absolute atomic E-state index is 0.186. The van der Waals surface area contributed by atoms with Crippen LogP contribution in [0.1, 0.15) is 5.69 Å². The van der Waals surface area contributed by atoms with Gasteiger partial charge in [-0.05, 0) is 25.1 Å². The number of nitrogens with zero attached hydrogens (tertiary/aromatic N) is 2. The summed E-state index contributed by atoms with van der Waals surface area (Å²) in [5.74, 6) is -0.859. The number of hydrogen-bond donors (Lipinski definition) is 1. The summed E-state index contributed by atoms with van der Waals surface area (Å²) in [4.78, 5) is 7.29. The van der Waals surface area contributed by atoms with Gasteiger partial charge in [-0.2, -0.15) is 4.98 Å². The van der Waals surface area contributed by atoms with E-state index in [1.165, 1.54) is 19.2 Å². The van der Waals surface area contributed by atoms with Gasteiger partial charge in [0.2, 0.25) is 11.8 Å². The second-order valence-electron chi connectivity index (χ2n) is 4.06. The summed E-state index contributed by atoms with van der Waals surface area (Å²) in [6.45, 7) is 1.65. The fraction of sp³-hybridized carbons (Fsp3) is 0.167. The summed E-state index contributed by atoms with van der Waals surface area (Å²) in [5, 5.41) is 0. The average Bonchev–Trinajstić information content (AvgIpc) is 2.36. The van der Waals surface area contributed by atoms with Gasteiger partial charge in [0, 0.05) is 16.2 Å². The van der Waals surface area contributed by atoms with Crippen LogP contribution in [-0.2, 0) is 10.0 Å². The van der Waals surface area contributed by atoms with Gasteiger partial charge in [-0.25, -0.2) is 22.5 Å². The Balaban J connectivity index is 2.39. The van der Waals surface area contributed by atoms with E-state index in [0.717, 1.165) is 12.1 Å². The molecule has 2 rings (SSSR count). The van der Waals surface area contributed by atoms with Gasteiger partial charge in [0.25, 0.3) is 10.0 Å². The Morgan fingerprint density at radius 2 is 2.00 bits per heavy atom. The van der Waals surface area contributed by atoms with Crippen molar-refractivity contribution >= 4 is 31.9 Å². The first-order valence-corrected chi connectivity index (χ1v) is 7.97. The molecule has 0 fully saturated rings. The van der Waals surface area contributed by atoms with Gasteiger partial charge in [-0.15, -0.1) is 0 Å². The number of ether oxygens (including phenoxy) is 1. The highest BCUT2D eigenvalue weighted by Gasteiger charge is 2.21. The SMILES string of the molecule is COc1cc(C)nc(NS(=O)(=O)c2ccc(Br)cc2F)n1. The van der Waals surface area contributed by atoms with Crippen LogP contribution in [0.4, 0.5) is 10.3 Å². The molecule has 1 N–H and O–H groups in total. The van der Waals surface area contributed by atoms with E-state index in [-0.39, 0.29) is 11.8 Å². The number of halogens is 2. The number of aromatic nitrogens is 2. The Hall–Kier alpha value is -1.74. The molecule has 1 aromatic heterocycles. The first-order chi connectivity index (χ1) is 9.81. The van der Waals surface area contributed by atoms with Crippen LogP contribution in [0.3, 0.4) is 0 Å². The van der Waals surface area contributed by atoms with E-state index in [4.69, 9.17) is 4.74 Å². The Morgan fingerprint density at radius 1 is 1.29 bits per heavy atom. The molecule has 0 amide bonds. The molecule has 1 heterocycles. The maximum Gasteiger partial charge on any atom is 0.267 e. The number of anilines is 1. The van der Waals surface area contributed by atoms with Gasteiger partial charge >= 0.3 is 0 Å². The Kier molecular flexibility index (Phi) is 4.43. The van der Waals surface area contributed by atoms with E-state index in [2.05, 4.69) is 30.6 Å². The van der Waals surface area contributed by atoms with Gasteiger partial charge in [-0.3, -0.25) is 0 Å². The molecule has 0 atom stereocenters. The van der Waals surface area contributed by atoms with Crippen LogP contribution >= 0.6 is 15.9 Å². The Labute approximate surface area is 129 Å². The van der Waals surface area contributed by atoms with Gasteiger partial charge < -0.3 is 4.74 Å². The average molecular weight is 376 g/mol. The van der Waals surface area contributed by atoms with Gasteiger partial charge in [-0.1, -0.05) is 15.9 Å². The minimum Gasteiger partial charge on any atom is -0.481 e. The quantitative estimate of drug-likeness (QED) is 0.887. The summed E-state index contributed by atoms with van der Waals surface area (Å²) in [6, 6.07) is 5.17. The number of rotatable bonds is 4.